The van der Waals surface area contributed by atoms with Gasteiger partial charge in [-0.1, -0.05) is 63.2 Å². The Morgan fingerprint density at radius 1 is 1.03 bits per heavy atom. The maximum atomic E-state index is 13.7. The molecule has 2 atom stereocenters. The number of thioether (sulfide) groups is 1. The number of carbonyl (C=O) groups is 1. The quantitative estimate of drug-likeness (QED) is 0.591. The second kappa shape index (κ2) is 8.87. The molecular weight excluding hydrogens is 446 g/mol. The number of nitrogens with zero attached hydrogens (tertiary/aromatic N) is 3. The van der Waals surface area contributed by atoms with Crippen LogP contribution in [0.4, 0.5) is 0 Å². The van der Waals surface area contributed by atoms with Gasteiger partial charge in [0.2, 0.25) is 5.43 Å². The molecule has 1 amide bonds. The first-order chi connectivity index (χ1) is 16.4. The van der Waals surface area contributed by atoms with Crippen LogP contribution in [0.1, 0.15) is 60.4 Å². The molecule has 2 aliphatic heterocycles. The molecule has 1 N–H and O–H groups in total. The van der Waals surface area contributed by atoms with Crippen LogP contribution in [-0.4, -0.2) is 33.3 Å². The Bertz CT molecular complexity index is 1250. The Morgan fingerprint density at radius 2 is 1.74 bits per heavy atom. The van der Waals surface area contributed by atoms with Gasteiger partial charge in [-0.05, 0) is 35.1 Å². The highest BCUT2D eigenvalue weighted by molar-refractivity contribution is 7.98. The predicted molar refractivity (Wildman–Crippen MR) is 135 cm³/mol. The van der Waals surface area contributed by atoms with E-state index in [2.05, 4.69) is 56.1 Å². The summed E-state index contributed by atoms with van der Waals surface area (Å²) >= 11 is 1.81. The van der Waals surface area contributed by atoms with Crippen LogP contribution < -0.4 is 10.4 Å². The molecule has 6 nitrogen and oxygen atoms in total. The zero-order valence-electron chi connectivity index (χ0n) is 19.6. The summed E-state index contributed by atoms with van der Waals surface area (Å²) in [4.78, 5) is 29.1. The van der Waals surface area contributed by atoms with E-state index in [0.717, 1.165) is 23.3 Å². The van der Waals surface area contributed by atoms with Crippen molar-refractivity contribution in [2.75, 3.05) is 11.7 Å². The third kappa shape index (κ3) is 3.59. The molecule has 7 heteroatoms. The van der Waals surface area contributed by atoms with Crippen LogP contribution in [0.15, 0.2) is 70.5 Å². The number of rotatable bonds is 4. The average molecular weight is 476 g/mol. The van der Waals surface area contributed by atoms with Gasteiger partial charge in [-0.25, -0.2) is 0 Å². The van der Waals surface area contributed by atoms with E-state index in [-0.39, 0.29) is 29.6 Å². The average Bonchev–Trinajstić information content (AvgIpc) is 3.00. The number of aromatic nitrogens is 1. The van der Waals surface area contributed by atoms with E-state index in [0.29, 0.717) is 6.67 Å². The number of amides is 1. The zero-order chi connectivity index (χ0) is 24.0. The number of carbonyl (C=O) groups excluding carboxylic acids is 1. The van der Waals surface area contributed by atoms with Crippen molar-refractivity contribution in [1.82, 2.24) is 9.58 Å². The van der Waals surface area contributed by atoms with Gasteiger partial charge in [-0.2, -0.15) is 0 Å². The van der Waals surface area contributed by atoms with Gasteiger partial charge in [-0.3, -0.25) is 19.3 Å². The Morgan fingerprint density at radius 3 is 2.47 bits per heavy atom. The molecule has 0 fully saturated rings. The Balaban J connectivity index is 1.77. The number of benzene rings is 2. The lowest BCUT2D eigenvalue weighted by Gasteiger charge is -2.47. The summed E-state index contributed by atoms with van der Waals surface area (Å²) in [6, 6.07) is 17.9. The summed E-state index contributed by atoms with van der Waals surface area (Å²) in [6.07, 6.45) is 2.40. The highest BCUT2D eigenvalue weighted by atomic mass is 32.2. The molecule has 0 saturated heterocycles. The molecule has 3 heterocycles. The molecule has 5 rings (SSSR count). The van der Waals surface area contributed by atoms with Crippen LogP contribution in [0.2, 0.25) is 0 Å². The third-order valence-corrected chi connectivity index (χ3v) is 8.06. The normalized spacial score (nSPS) is 18.2. The Hall–Kier alpha value is -3.19. The van der Waals surface area contributed by atoms with E-state index in [1.165, 1.54) is 16.5 Å². The molecule has 3 aromatic rings. The van der Waals surface area contributed by atoms with Gasteiger partial charge >= 0.3 is 0 Å². The lowest BCUT2D eigenvalue weighted by molar-refractivity contribution is 0.0523. The molecule has 1 aromatic heterocycles. The van der Waals surface area contributed by atoms with E-state index in [4.69, 9.17) is 0 Å². The largest absolute Gasteiger partial charge is 0.502 e. The maximum Gasteiger partial charge on any atom is 0.278 e. The monoisotopic (exact) mass is 475 g/mol. The molecular formula is C27H29N3O3S. The zero-order valence-corrected chi connectivity index (χ0v) is 20.5. The number of aromatic hydroxyl groups is 1. The van der Waals surface area contributed by atoms with Crippen LogP contribution >= 0.6 is 11.8 Å². The molecule has 0 aliphatic carbocycles. The Labute approximate surface area is 203 Å². The summed E-state index contributed by atoms with van der Waals surface area (Å²) in [5.74, 6) is 0.276. The summed E-state index contributed by atoms with van der Waals surface area (Å²) in [7, 11) is 0. The highest BCUT2D eigenvalue weighted by Crippen LogP contribution is 2.43. The second-order valence-electron chi connectivity index (χ2n) is 9.23. The van der Waals surface area contributed by atoms with Crippen molar-refractivity contribution < 1.29 is 9.90 Å². The van der Waals surface area contributed by atoms with E-state index in [1.54, 1.807) is 10.9 Å². The number of pyridine rings is 1. The van der Waals surface area contributed by atoms with E-state index < -0.39 is 11.2 Å². The first kappa shape index (κ1) is 22.6. The van der Waals surface area contributed by atoms with Crippen molar-refractivity contribution in [3.63, 3.8) is 0 Å². The lowest BCUT2D eigenvalue weighted by Crippen LogP contribution is -2.59. The lowest BCUT2D eigenvalue weighted by atomic mass is 9.94. The fraction of sp³-hybridized carbons (Fsp3) is 0.333. The van der Waals surface area contributed by atoms with Gasteiger partial charge in [0.1, 0.15) is 6.67 Å². The summed E-state index contributed by atoms with van der Waals surface area (Å²) in [5, 5.41) is 12.9. The van der Waals surface area contributed by atoms with Crippen molar-refractivity contribution >= 4 is 17.7 Å². The van der Waals surface area contributed by atoms with Crippen molar-refractivity contribution in [3.8, 4) is 5.75 Å². The number of fused-ring (bicyclic) bond motifs is 3. The standard InChI is InChI=1S/C27H29N3O3S/c1-4-21(17(2)3)28-16-30(29-14-13-22(31)26(32)25(29)27(28)33)24-19-10-6-5-9-18(19)15-34-23-12-8-7-11-20(23)24/h5-14,17,21,24,32H,4,15-16H2,1-3H3/t21-,24?/m1/s1. The number of hydrogen-bond acceptors (Lipinski definition) is 5. The van der Waals surface area contributed by atoms with Gasteiger partial charge in [0.15, 0.2) is 11.4 Å². The van der Waals surface area contributed by atoms with Crippen LogP contribution in [0.25, 0.3) is 0 Å². The third-order valence-electron chi connectivity index (χ3n) is 6.92. The predicted octanol–water partition coefficient (Wildman–Crippen LogP) is 4.74. The van der Waals surface area contributed by atoms with Crippen LogP contribution in [0, 0.1) is 5.92 Å². The molecule has 176 valence electrons. The van der Waals surface area contributed by atoms with E-state index in [1.807, 2.05) is 34.9 Å². The molecule has 0 saturated carbocycles. The fourth-order valence-electron chi connectivity index (χ4n) is 5.28. The summed E-state index contributed by atoms with van der Waals surface area (Å²) in [6.45, 7) is 6.63. The van der Waals surface area contributed by atoms with Crippen molar-refractivity contribution in [3.05, 3.63) is 93.4 Å². The minimum Gasteiger partial charge on any atom is -0.502 e. The molecule has 0 spiro atoms. The number of hydrogen-bond donors (Lipinski definition) is 1. The SMILES string of the molecule is CC[C@H](C(C)C)N1CN(C2c3ccccc3CSc3ccccc32)n2ccc(=O)c(O)c2C1=O. The first-order valence-electron chi connectivity index (χ1n) is 11.7. The second-order valence-corrected chi connectivity index (χ2v) is 10.2. The minimum atomic E-state index is -0.545. The summed E-state index contributed by atoms with van der Waals surface area (Å²) in [5.41, 5.74) is 3.03. The smallest absolute Gasteiger partial charge is 0.278 e. The molecule has 0 radical (unpaired) electrons. The molecule has 2 aliphatic rings. The Kier molecular flexibility index (Phi) is 5.90. The van der Waals surface area contributed by atoms with Crippen LogP contribution in [0.5, 0.6) is 5.75 Å². The van der Waals surface area contributed by atoms with Crippen LogP contribution in [0.3, 0.4) is 0 Å². The van der Waals surface area contributed by atoms with E-state index >= 15 is 0 Å². The minimum absolute atomic E-state index is 0.0240. The van der Waals surface area contributed by atoms with Gasteiger partial charge < -0.3 is 10.0 Å². The van der Waals surface area contributed by atoms with Gasteiger partial charge in [0.05, 0.1) is 6.04 Å². The summed E-state index contributed by atoms with van der Waals surface area (Å²) < 4.78 is 1.69. The van der Waals surface area contributed by atoms with Gasteiger partial charge in [0.25, 0.3) is 5.91 Å². The highest BCUT2D eigenvalue weighted by Gasteiger charge is 2.40. The van der Waals surface area contributed by atoms with Crippen molar-refractivity contribution in [1.29, 1.82) is 0 Å². The molecule has 0 bridgehead atoms. The molecule has 1 unspecified atom stereocenters. The van der Waals surface area contributed by atoms with Crippen LogP contribution in [-0.2, 0) is 5.75 Å². The van der Waals surface area contributed by atoms with Gasteiger partial charge in [-0.15, -0.1) is 11.8 Å². The van der Waals surface area contributed by atoms with Gasteiger partial charge in [0, 0.05) is 29.0 Å². The molecule has 2 aromatic carbocycles. The van der Waals surface area contributed by atoms with Crippen molar-refractivity contribution in [2.45, 2.75) is 49.9 Å². The maximum absolute atomic E-state index is 13.7. The van der Waals surface area contributed by atoms with Crippen molar-refractivity contribution in [2.24, 2.45) is 5.92 Å². The first-order valence-corrected chi connectivity index (χ1v) is 12.7. The van der Waals surface area contributed by atoms with E-state index in [9.17, 15) is 14.7 Å². The molecule has 34 heavy (non-hydrogen) atoms. The topological polar surface area (TPSA) is 65.8 Å². The fourth-order valence-corrected chi connectivity index (χ4v) is 6.38.